The second kappa shape index (κ2) is 13.3. The van der Waals surface area contributed by atoms with Gasteiger partial charge >= 0.3 is 0 Å². The number of nitrogens with one attached hydrogen (secondary N) is 2. The minimum absolute atomic E-state index is 0.0179. The summed E-state index contributed by atoms with van der Waals surface area (Å²) in [5.41, 5.74) is 10.4. The van der Waals surface area contributed by atoms with E-state index in [0.29, 0.717) is 16.7 Å². The summed E-state index contributed by atoms with van der Waals surface area (Å²) >= 11 is 1.58. The number of hydrogen-bond donors (Lipinski definition) is 4. The van der Waals surface area contributed by atoms with Crippen LogP contribution in [0, 0.1) is 12.3 Å². The SMILES string of the molecule is Cc1ncsc1-c1ccc([C@H](C)NC(=O)[C@@H]2C[C@@H](O)CN2C(=O)C(NC(=O)c2cc3cc(OC4CC(N)C4)ccc3o2)C(C)(C)C)cc1. The Hall–Kier alpha value is -4.26. The fourth-order valence-electron chi connectivity index (χ4n) is 6.32. The summed E-state index contributed by atoms with van der Waals surface area (Å²) in [5, 5.41) is 17.2. The first kappa shape index (κ1) is 33.6. The van der Waals surface area contributed by atoms with Crippen LogP contribution in [0.3, 0.4) is 0 Å². The number of aliphatic hydroxyl groups is 1. The van der Waals surface area contributed by atoms with Crippen molar-refractivity contribution in [3.63, 3.8) is 0 Å². The quantitative estimate of drug-likeness (QED) is 0.199. The fourth-order valence-corrected chi connectivity index (χ4v) is 7.13. The van der Waals surface area contributed by atoms with Crippen LogP contribution in [0.15, 0.2) is 58.5 Å². The third-order valence-corrected chi connectivity index (χ3v) is 10.2. The lowest BCUT2D eigenvalue weighted by molar-refractivity contribution is -0.142. The molecule has 0 radical (unpaired) electrons. The van der Waals surface area contributed by atoms with Gasteiger partial charge in [0.1, 0.15) is 29.5 Å². The van der Waals surface area contributed by atoms with Crippen molar-refractivity contribution in [2.24, 2.45) is 11.1 Å². The molecule has 2 fully saturated rings. The van der Waals surface area contributed by atoms with E-state index in [1.165, 1.54) is 4.90 Å². The summed E-state index contributed by atoms with van der Waals surface area (Å²) in [7, 11) is 0. The molecule has 3 heterocycles. The Bertz CT molecular complexity index is 1810. The minimum Gasteiger partial charge on any atom is -0.490 e. The van der Waals surface area contributed by atoms with Crippen molar-refractivity contribution in [1.29, 1.82) is 0 Å². The summed E-state index contributed by atoms with van der Waals surface area (Å²) in [5.74, 6) is -0.652. The molecule has 2 aliphatic rings. The lowest BCUT2D eigenvalue weighted by Crippen LogP contribution is -2.57. The van der Waals surface area contributed by atoms with Gasteiger partial charge in [0.2, 0.25) is 11.8 Å². The second-order valence-electron chi connectivity index (χ2n) is 14.1. The summed E-state index contributed by atoms with van der Waals surface area (Å²) < 4.78 is 11.8. The monoisotopic (exact) mass is 673 g/mol. The smallest absolute Gasteiger partial charge is 0.287 e. The van der Waals surface area contributed by atoms with Gasteiger partial charge in [0.05, 0.1) is 28.2 Å². The summed E-state index contributed by atoms with van der Waals surface area (Å²) in [6, 6.07) is 12.9. The Morgan fingerprint density at radius 1 is 1.08 bits per heavy atom. The molecule has 2 aromatic carbocycles. The predicted molar refractivity (Wildman–Crippen MR) is 184 cm³/mol. The molecule has 11 nitrogen and oxygen atoms in total. The molecular weight excluding hydrogens is 630 g/mol. The summed E-state index contributed by atoms with van der Waals surface area (Å²) in [6.07, 6.45) is 0.906. The first-order chi connectivity index (χ1) is 22.8. The van der Waals surface area contributed by atoms with Gasteiger partial charge in [-0.05, 0) is 67.5 Å². The van der Waals surface area contributed by atoms with Gasteiger partial charge in [0.25, 0.3) is 5.91 Å². The normalized spacial score (nSPS) is 22.2. The number of amides is 3. The van der Waals surface area contributed by atoms with Crippen LogP contribution in [0.1, 0.15) is 74.8 Å². The molecule has 3 amide bonds. The van der Waals surface area contributed by atoms with Crippen molar-refractivity contribution >= 4 is 40.0 Å². The minimum atomic E-state index is -0.999. The maximum absolute atomic E-state index is 14.1. The number of thiazole rings is 1. The molecule has 2 aromatic heterocycles. The molecule has 12 heteroatoms. The highest BCUT2D eigenvalue weighted by Crippen LogP contribution is 2.31. The van der Waals surface area contributed by atoms with Gasteiger partial charge in [-0.3, -0.25) is 14.4 Å². The number of rotatable bonds is 9. The van der Waals surface area contributed by atoms with Crippen LogP contribution in [0.5, 0.6) is 5.75 Å². The van der Waals surface area contributed by atoms with Crippen molar-refractivity contribution in [3.8, 4) is 16.2 Å². The van der Waals surface area contributed by atoms with E-state index in [2.05, 4.69) is 15.6 Å². The number of furan rings is 1. The van der Waals surface area contributed by atoms with Crippen molar-refractivity contribution in [2.75, 3.05) is 6.54 Å². The number of carbonyl (C=O) groups is 3. The van der Waals surface area contributed by atoms with Crippen molar-refractivity contribution in [1.82, 2.24) is 20.5 Å². The van der Waals surface area contributed by atoms with E-state index in [1.807, 2.05) is 70.5 Å². The van der Waals surface area contributed by atoms with E-state index in [0.717, 1.165) is 34.5 Å². The Morgan fingerprint density at radius 3 is 2.46 bits per heavy atom. The molecule has 0 spiro atoms. The van der Waals surface area contributed by atoms with Crippen LogP contribution in [0.25, 0.3) is 21.4 Å². The van der Waals surface area contributed by atoms with Crippen LogP contribution < -0.4 is 21.1 Å². The van der Waals surface area contributed by atoms with E-state index in [4.69, 9.17) is 14.9 Å². The van der Waals surface area contributed by atoms with E-state index in [9.17, 15) is 19.5 Å². The number of likely N-dealkylation sites (tertiary alicyclic amines) is 1. The molecule has 48 heavy (non-hydrogen) atoms. The molecule has 1 saturated heterocycles. The summed E-state index contributed by atoms with van der Waals surface area (Å²) in [6.45, 7) is 9.35. The average molecular weight is 674 g/mol. The number of fused-ring (bicyclic) bond motifs is 1. The van der Waals surface area contributed by atoms with E-state index >= 15 is 0 Å². The van der Waals surface area contributed by atoms with Crippen molar-refractivity contribution in [3.05, 3.63) is 71.1 Å². The lowest BCUT2D eigenvalue weighted by Gasteiger charge is -2.35. The number of aryl methyl sites for hydroxylation is 1. The number of β-amino-alcohol motifs (C(OH)–C–C–N with tert-alkyl or cyclic N) is 1. The maximum atomic E-state index is 14.1. The topological polar surface area (TPSA) is 160 Å². The number of aromatic nitrogens is 1. The number of nitrogens with zero attached hydrogens (tertiary/aromatic N) is 2. The zero-order valence-electron chi connectivity index (χ0n) is 27.9. The molecular formula is C36H43N5O6S. The third kappa shape index (κ3) is 7.11. The molecule has 1 aliphatic carbocycles. The molecule has 1 unspecified atom stereocenters. The zero-order valence-corrected chi connectivity index (χ0v) is 28.7. The summed E-state index contributed by atoms with van der Waals surface area (Å²) in [4.78, 5) is 48.0. The Morgan fingerprint density at radius 2 is 1.81 bits per heavy atom. The first-order valence-corrected chi connectivity index (χ1v) is 17.2. The molecule has 1 saturated carbocycles. The predicted octanol–water partition coefficient (Wildman–Crippen LogP) is 4.72. The van der Waals surface area contributed by atoms with Gasteiger partial charge < -0.3 is 35.5 Å². The Labute approximate surface area is 283 Å². The molecule has 5 N–H and O–H groups in total. The largest absolute Gasteiger partial charge is 0.490 e. The lowest BCUT2D eigenvalue weighted by atomic mass is 9.85. The van der Waals surface area contributed by atoms with Gasteiger partial charge in [0, 0.05) is 24.4 Å². The van der Waals surface area contributed by atoms with E-state index < -0.39 is 35.4 Å². The number of benzene rings is 2. The highest BCUT2D eigenvalue weighted by molar-refractivity contribution is 7.13. The van der Waals surface area contributed by atoms with Gasteiger partial charge in [-0.1, -0.05) is 45.0 Å². The van der Waals surface area contributed by atoms with Gasteiger partial charge in [0.15, 0.2) is 5.76 Å². The zero-order chi connectivity index (χ0) is 34.3. The number of ether oxygens (including phenoxy) is 1. The number of hydrogen-bond acceptors (Lipinski definition) is 9. The van der Waals surface area contributed by atoms with Crippen LogP contribution in [-0.4, -0.2) is 69.6 Å². The average Bonchev–Trinajstić information content (AvgIpc) is 3.76. The van der Waals surface area contributed by atoms with E-state index in [-0.39, 0.29) is 42.8 Å². The third-order valence-electron chi connectivity index (χ3n) is 9.18. The highest BCUT2D eigenvalue weighted by Gasteiger charge is 2.45. The number of carbonyl (C=O) groups excluding carboxylic acids is 3. The van der Waals surface area contributed by atoms with Crippen molar-refractivity contribution in [2.45, 2.75) is 90.3 Å². The molecule has 0 bridgehead atoms. The number of aliphatic hydroxyl groups excluding tert-OH is 1. The molecule has 4 atom stereocenters. The van der Waals surface area contributed by atoms with Crippen LogP contribution in [0.2, 0.25) is 0 Å². The Kier molecular flexibility index (Phi) is 9.34. The number of nitrogens with two attached hydrogens (primary N) is 1. The molecule has 254 valence electrons. The second-order valence-corrected chi connectivity index (χ2v) is 14.9. The van der Waals surface area contributed by atoms with E-state index in [1.54, 1.807) is 29.5 Å². The maximum Gasteiger partial charge on any atom is 0.287 e. The molecule has 6 rings (SSSR count). The van der Waals surface area contributed by atoms with Gasteiger partial charge in [-0.2, -0.15) is 0 Å². The van der Waals surface area contributed by atoms with Crippen LogP contribution in [-0.2, 0) is 9.59 Å². The molecule has 4 aromatic rings. The highest BCUT2D eigenvalue weighted by atomic mass is 32.1. The Balaban J connectivity index is 1.13. The molecule has 1 aliphatic heterocycles. The van der Waals surface area contributed by atoms with Gasteiger partial charge in [-0.15, -0.1) is 11.3 Å². The standard InChI is InChI=1S/C36H43N5O6S/c1-19(21-6-8-22(9-7-21)31-20(2)38-18-48-31)39-33(43)28-16-25(42)17-41(28)35(45)32(36(3,4)5)40-34(44)30-13-23-12-26(10-11-29(23)47-30)46-27-14-24(37)15-27/h6-13,18-19,24-25,27-28,32,42H,14-17,37H2,1-5H3,(H,39,43)(H,40,44)/t19-,24?,25+,27?,28-,32?/m0/s1. The van der Waals surface area contributed by atoms with Gasteiger partial charge in [-0.25, -0.2) is 4.98 Å². The van der Waals surface area contributed by atoms with Crippen molar-refractivity contribution < 1.29 is 28.6 Å². The fraction of sp³-hybridized carbons (Fsp3) is 0.444. The first-order valence-electron chi connectivity index (χ1n) is 16.3. The van der Waals surface area contributed by atoms with Crippen LogP contribution in [0.4, 0.5) is 0 Å². The van der Waals surface area contributed by atoms with Crippen LogP contribution >= 0.6 is 11.3 Å².